The molecular weight excluding hydrogens is 630 g/mol. The lowest BCUT2D eigenvalue weighted by atomic mass is 9.93. The van der Waals surface area contributed by atoms with Gasteiger partial charge in [-0.2, -0.15) is 0 Å². The van der Waals surface area contributed by atoms with E-state index in [1.54, 1.807) is 52.1 Å². The number of anilines is 2. The summed E-state index contributed by atoms with van der Waals surface area (Å²) in [5.74, 6) is -0.206. The third kappa shape index (κ3) is 6.00. The first-order chi connectivity index (χ1) is 23.7. The Morgan fingerprint density at radius 2 is 1.31 bits per heavy atom. The Morgan fingerprint density at radius 3 is 1.90 bits per heavy atom. The SMILES string of the molecule is CC1(c2ccc(NCc3cn(-c4ccc([N+](=O)[O-])cc4)nn3)cc2)NC(=O)c2ccccc2N1Cc1cn(-c2ccc([N+](=O)[O-])cc2)nn1. The molecule has 1 aliphatic rings. The molecule has 1 amide bonds. The fourth-order valence-corrected chi connectivity index (χ4v) is 5.69. The summed E-state index contributed by atoms with van der Waals surface area (Å²) in [6, 6.07) is 27.1. The van der Waals surface area contributed by atoms with Crippen LogP contribution in [-0.2, 0) is 18.8 Å². The van der Waals surface area contributed by atoms with Crippen molar-refractivity contribution in [3.63, 3.8) is 0 Å². The van der Waals surface area contributed by atoms with Crippen molar-refractivity contribution >= 4 is 28.7 Å². The van der Waals surface area contributed by atoms with Gasteiger partial charge in [-0.05, 0) is 61.0 Å². The highest BCUT2D eigenvalue weighted by Gasteiger charge is 2.42. The van der Waals surface area contributed by atoms with E-state index < -0.39 is 15.5 Å². The maximum atomic E-state index is 13.3. The Balaban J connectivity index is 1.10. The van der Waals surface area contributed by atoms with Gasteiger partial charge in [-0.3, -0.25) is 25.0 Å². The van der Waals surface area contributed by atoms with Crippen LogP contribution in [0.3, 0.4) is 0 Å². The van der Waals surface area contributed by atoms with Gasteiger partial charge >= 0.3 is 0 Å². The van der Waals surface area contributed by atoms with E-state index >= 15 is 0 Å². The predicted octanol–water partition coefficient (Wildman–Crippen LogP) is 4.90. The van der Waals surface area contributed by atoms with Crippen LogP contribution in [0, 0.1) is 20.2 Å². The summed E-state index contributed by atoms with van der Waals surface area (Å²) in [5.41, 5.74) is 4.48. The molecule has 0 aliphatic carbocycles. The summed E-state index contributed by atoms with van der Waals surface area (Å²) in [7, 11) is 0. The zero-order chi connectivity index (χ0) is 34.1. The maximum Gasteiger partial charge on any atom is 0.269 e. The quantitative estimate of drug-likeness (QED) is 0.150. The van der Waals surface area contributed by atoms with E-state index in [0.29, 0.717) is 41.4 Å². The number of fused-ring (bicyclic) bond motifs is 1. The van der Waals surface area contributed by atoms with E-state index in [4.69, 9.17) is 0 Å². The summed E-state index contributed by atoms with van der Waals surface area (Å²) in [6.07, 6.45) is 3.50. The summed E-state index contributed by atoms with van der Waals surface area (Å²) in [4.78, 5) is 36.5. The number of carbonyl (C=O) groups is 1. The highest BCUT2D eigenvalue weighted by atomic mass is 16.6. The zero-order valence-electron chi connectivity index (χ0n) is 25.9. The molecule has 0 saturated heterocycles. The molecule has 16 nitrogen and oxygen atoms in total. The molecule has 1 atom stereocenters. The van der Waals surface area contributed by atoms with Crippen LogP contribution in [0.25, 0.3) is 11.4 Å². The van der Waals surface area contributed by atoms with Crippen LogP contribution in [0.15, 0.2) is 109 Å². The molecule has 6 aromatic rings. The van der Waals surface area contributed by atoms with Crippen LogP contribution in [0.5, 0.6) is 0 Å². The van der Waals surface area contributed by atoms with Gasteiger partial charge in [0, 0.05) is 30.0 Å². The number of aromatic nitrogens is 6. The van der Waals surface area contributed by atoms with Crippen LogP contribution < -0.4 is 15.5 Å². The lowest BCUT2D eigenvalue weighted by Crippen LogP contribution is -2.59. The van der Waals surface area contributed by atoms with Gasteiger partial charge < -0.3 is 15.5 Å². The Bertz CT molecular complexity index is 2180. The molecule has 1 aliphatic heterocycles. The number of non-ortho nitro benzene ring substituents is 2. The van der Waals surface area contributed by atoms with E-state index in [1.807, 2.05) is 49.4 Å². The molecular formula is C33H27N11O5. The second kappa shape index (κ2) is 12.3. The largest absolute Gasteiger partial charge is 0.379 e. The number of nitro groups is 2. The molecule has 0 spiro atoms. The summed E-state index contributed by atoms with van der Waals surface area (Å²) in [5, 5.41) is 45.5. The number of hydrogen-bond donors (Lipinski definition) is 2. The number of amides is 1. The van der Waals surface area contributed by atoms with Crippen molar-refractivity contribution in [2.24, 2.45) is 0 Å². The fraction of sp³-hybridized carbons (Fsp3) is 0.121. The van der Waals surface area contributed by atoms with E-state index in [9.17, 15) is 25.0 Å². The third-order valence-electron chi connectivity index (χ3n) is 8.31. The van der Waals surface area contributed by atoms with E-state index in [-0.39, 0.29) is 17.3 Å². The van der Waals surface area contributed by atoms with E-state index in [2.05, 4.69) is 36.2 Å². The van der Waals surface area contributed by atoms with Gasteiger partial charge in [0.15, 0.2) is 0 Å². The highest BCUT2D eigenvalue weighted by Crippen LogP contribution is 2.38. The number of benzene rings is 4. The van der Waals surface area contributed by atoms with Crippen LogP contribution in [0.2, 0.25) is 0 Å². The highest BCUT2D eigenvalue weighted by molar-refractivity contribution is 6.02. The Morgan fingerprint density at radius 1 is 0.755 bits per heavy atom. The second-order valence-electron chi connectivity index (χ2n) is 11.4. The molecule has 0 saturated carbocycles. The molecule has 2 aromatic heterocycles. The molecule has 2 N–H and O–H groups in total. The minimum atomic E-state index is -0.964. The van der Waals surface area contributed by atoms with E-state index in [0.717, 1.165) is 16.9 Å². The van der Waals surface area contributed by atoms with Gasteiger partial charge in [0.2, 0.25) is 0 Å². The smallest absolute Gasteiger partial charge is 0.269 e. The first-order valence-electron chi connectivity index (χ1n) is 15.0. The number of nitrogens with zero attached hydrogens (tertiary/aromatic N) is 9. The van der Waals surface area contributed by atoms with Gasteiger partial charge in [-0.1, -0.05) is 34.7 Å². The van der Waals surface area contributed by atoms with E-state index in [1.165, 1.54) is 24.3 Å². The Kier molecular flexibility index (Phi) is 7.72. The number of carbonyl (C=O) groups excluding carboxylic acids is 1. The summed E-state index contributed by atoms with van der Waals surface area (Å²) < 4.78 is 3.10. The number of rotatable bonds is 10. The molecule has 49 heavy (non-hydrogen) atoms. The van der Waals surface area contributed by atoms with Crippen molar-refractivity contribution in [1.82, 2.24) is 35.3 Å². The normalized spacial score (nSPS) is 15.4. The van der Waals surface area contributed by atoms with Gasteiger partial charge in [0.1, 0.15) is 17.1 Å². The number of nitrogens with one attached hydrogen (secondary N) is 2. The fourth-order valence-electron chi connectivity index (χ4n) is 5.69. The van der Waals surface area contributed by atoms with Crippen molar-refractivity contribution < 1.29 is 14.6 Å². The van der Waals surface area contributed by atoms with Crippen LogP contribution in [0.1, 0.15) is 34.2 Å². The lowest BCUT2D eigenvalue weighted by molar-refractivity contribution is -0.385. The molecule has 1 unspecified atom stereocenters. The molecule has 0 fully saturated rings. The number of nitro benzene ring substituents is 2. The van der Waals surface area contributed by atoms with Gasteiger partial charge in [0.25, 0.3) is 17.3 Å². The van der Waals surface area contributed by atoms with Gasteiger partial charge in [-0.25, -0.2) is 9.36 Å². The molecule has 0 radical (unpaired) electrons. The minimum Gasteiger partial charge on any atom is -0.379 e. The maximum absolute atomic E-state index is 13.3. The van der Waals surface area contributed by atoms with Gasteiger partial charge in [0.05, 0.1) is 58.0 Å². The predicted molar refractivity (Wildman–Crippen MR) is 177 cm³/mol. The van der Waals surface area contributed by atoms with Gasteiger partial charge in [-0.15, -0.1) is 10.2 Å². The second-order valence-corrected chi connectivity index (χ2v) is 11.4. The molecule has 7 rings (SSSR count). The van der Waals surface area contributed by atoms with Crippen LogP contribution in [0.4, 0.5) is 22.7 Å². The summed E-state index contributed by atoms with van der Waals surface area (Å²) >= 11 is 0. The molecule has 0 bridgehead atoms. The molecule has 4 aromatic carbocycles. The summed E-state index contributed by atoms with van der Waals surface area (Å²) in [6.45, 7) is 2.61. The minimum absolute atomic E-state index is 0.00403. The average Bonchev–Trinajstić information content (AvgIpc) is 3.80. The van der Waals surface area contributed by atoms with Crippen molar-refractivity contribution in [1.29, 1.82) is 0 Å². The first-order valence-corrected chi connectivity index (χ1v) is 15.0. The molecule has 244 valence electrons. The standard InChI is InChI=1S/C33H27N11O5/c1-33(22-6-8-23(9-7-22)34-18-24-20-41(38-36-24)26-10-14-28(15-11-26)43(46)47)35-32(45)30-4-2-3-5-31(30)40(33)19-25-21-42(39-37-25)27-12-16-29(17-13-27)44(48)49/h2-17,20-21,34H,18-19H2,1H3,(H,35,45). The van der Waals surface area contributed by atoms with Crippen LogP contribution in [-0.4, -0.2) is 45.7 Å². The van der Waals surface area contributed by atoms with Crippen molar-refractivity contribution in [3.05, 3.63) is 152 Å². The van der Waals surface area contributed by atoms with Crippen molar-refractivity contribution in [2.75, 3.05) is 10.2 Å². The topological polar surface area (TPSA) is 192 Å². The third-order valence-corrected chi connectivity index (χ3v) is 8.31. The number of para-hydroxylation sites is 1. The monoisotopic (exact) mass is 657 g/mol. The Labute approximate surface area is 277 Å². The molecule has 16 heteroatoms. The lowest BCUT2D eigenvalue weighted by Gasteiger charge is -2.47. The number of hydrogen-bond acceptors (Lipinski definition) is 11. The van der Waals surface area contributed by atoms with Crippen molar-refractivity contribution in [2.45, 2.75) is 25.7 Å². The van der Waals surface area contributed by atoms with Crippen LogP contribution >= 0.6 is 0 Å². The zero-order valence-corrected chi connectivity index (χ0v) is 25.9. The molecule has 3 heterocycles. The first kappa shape index (κ1) is 30.7. The van der Waals surface area contributed by atoms with Crippen molar-refractivity contribution in [3.8, 4) is 11.4 Å². The Hall–Kier alpha value is -6.97. The average molecular weight is 658 g/mol.